The molecule has 0 amide bonds. The molecule has 0 fully saturated rings. The quantitative estimate of drug-likeness (QED) is 0.406. The molecule has 0 saturated heterocycles. The molecule has 0 aromatic carbocycles. The van der Waals surface area contributed by atoms with E-state index in [4.69, 9.17) is 74.7 Å². The number of halogens is 6. The Balaban J connectivity index is -0.000000350. The minimum Gasteiger partial charge on any atom is -0.545 e. The second-order valence-corrected chi connectivity index (χ2v) is 8.56. The zero-order valence-corrected chi connectivity index (χ0v) is 19.6. The molecule has 2 aromatic heterocycles. The molecule has 165 valence electrons. The largest absolute Gasteiger partial charge is 2.00 e. The molecule has 0 unspecified atom stereocenters. The van der Waals surface area contributed by atoms with Crippen LogP contribution in [0.3, 0.4) is 0 Å². The molecule has 0 aliphatic rings. The van der Waals surface area contributed by atoms with Crippen LogP contribution in [0, 0.1) is 0 Å². The molecule has 0 atom stereocenters. The summed E-state index contributed by atoms with van der Waals surface area (Å²) in [5.74, 6) is -3.42. The van der Waals surface area contributed by atoms with Crippen LogP contribution in [0.4, 0.5) is 0 Å². The molecule has 1 radical (unpaired) electrons. The van der Waals surface area contributed by atoms with Gasteiger partial charge in [-0.2, -0.15) is 0 Å². The van der Waals surface area contributed by atoms with Crippen LogP contribution in [0.5, 0.6) is 0 Å². The summed E-state index contributed by atoms with van der Waals surface area (Å²) in [7, 11) is 1.00. The van der Waals surface area contributed by atoms with Gasteiger partial charge in [-0.15, -0.1) is 0 Å². The van der Waals surface area contributed by atoms with Gasteiger partial charge in [0.25, 0.3) is 0 Å². The summed E-state index contributed by atoms with van der Waals surface area (Å²) >= 11 is 28.4. The summed E-state index contributed by atoms with van der Waals surface area (Å²) in [5, 5.41) is 26.0. The number of carbonyl (C=O) groups is 2. The van der Waals surface area contributed by atoms with E-state index in [0.717, 1.165) is 18.5 Å². The van der Waals surface area contributed by atoms with E-state index in [1.165, 1.54) is 0 Å². The van der Waals surface area contributed by atoms with Gasteiger partial charge >= 0.3 is 17.1 Å². The first-order chi connectivity index (χ1) is 12.9. The topological polar surface area (TPSA) is 126 Å². The monoisotopic (exact) mass is 573 g/mol. The van der Waals surface area contributed by atoms with Crippen LogP contribution in [-0.4, -0.2) is 41.7 Å². The maximum Gasteiger partial charge on any atom is 2.00 e. The number of hydrogen-bond acceptors (Lipinski definition) is 7. The third-order valence-electron chi connectivity index (χ3n) is 2.06. The predicted octanol–water partition coefficient (Wildman–Crippen LogP) is 1.96. The van der Waals surface area contributed by atoms with E-state index in [2.05, 4.69) is 9.97 Å². The van der Waals surface area contributed by atoms with E-state index in [0.29, 0.717) is 0 Å². The van der Waals surface area contributed by atoms with Crippen molar-refractivity contribution < 1.29 is 42.0 Å². The summed E-state index contributed by atoms with van der Waals surface area (Å²) in [4.78, 5) is 27.4. The van der Waals surface area contributed by atoms with Gasteiger partial charge in [0.05, 0.1) is 23.3 Å². The Morgan fingerprint density at radius 2 is 1.00 bits per heavy atom. The van der Waals surface area contributed by atoms with Crippen molar-refractivity contribution in [2.75, 3.05) is 7.11 Å². The molecule has 0 saturated carbocycles. The fourth-order valence-corrected chi connectivity index (χ4v) is 1.03. The second-order valence-electron chi connectivity index (χ2n) is 4.00. The Morgan fingerprint density at radius 3 is 1.14 bits per heavy atom. The number of aliphatic hydroxyl groups excluding tert-OH is 1. The molecule has 0 spiro atoms. The molecule has 29 heavy (non-hydrogen) atoms. The number of aromatic nitrogens is 2. The Hall–Kier alpha value is -0.541. The van der Waals surface area contributed by atoms with Crippen molar-refractivity contribution in [2.45, 2.75) is 7.59 Å². The van der Waals surface area contributed by atoms with Crippen LogP contribution in [-0.2, 0) is 26.7 Å². The van der Waals surface area contributed by atoms with Crippen molar-refractivity contribution in [2.24, 2.45) is 0 Å². The molecule has 7 nitrogen and oxygen atoms in total. The van der Waals surface area contributed by atoms with Gasteiger partial charge in [-0.25, -0.2) is 0 Å². The van der Waals surface area contributed by atoms with Gasteiger partial charge in [0.1, 0.15) is 0 Å². The number of carbonyl (C=O) groups excluding carboxylic acids is 2. The van der Waals surface area contributed by atoms with Crippen LogP contribution in [0.1, 0.15) is 0 Å². The Morgan fingerprint density at radius 1 is 0.759 bits per heavy atom. The van der Waals surface area contributed by atoms with Crippen molar-refractivity contribution >= 4 is 81.5 Å². The first-order valence-electron chi connectivity index (χ1n) is 6.69. The minimum absolute atomic E-state index is 0. The summed E-state index contributed by atoms with van der Waals surface area (Å²) in [6, 6.07) is 11.6. The fraction of sp³-hybridized carbons (Fsp3) is 0.200. The van der Waals surface area contributed by atoms with Gasteiger partial charge in [-0.05, 0) is 24.3 Å². The summed E-state index contributed by atoms with van der Waals surface area (Å²) in [6.07, 6.45) is 3.54. The average molecular weight is 577 g/mol. The molecule has 0 bridgehead atoms. The Kier molecular flexibility index (Phi) is 19.6. The van der Waals surface area contributed by atoms with Crippen molar-refractivity contribution in [3.8, 4) is 11.4 Å². The van der Waals surface area contributed by atoms with Crippen molar-refractivity contribution in [1.82, 2.24) is 9.97 Å². The van der Waals surface area contributed by atoms with Crippen molar-refractivity contribution in [1.29, 1.82) is 0 Å². The number of pyridine rings is 2. The third kappa shape index (κ3) is 18.0. The fourth-order valence-electron chi connectivity index (χ4n) is 1.03. The SMILES string of the molecule is CO.O=C([O-])C(Cl)(Cl)Cl.O=C([O-])C(Cl)(Cl)Cl.[Cu+2].c1ccc(-c2ccccn2)nc1. The van der Waals surface area contributed by atoms with Gasteiger partial charge in [0.2, 0.25) is 7.59 Å². The smallest absolute Gasteiger partial charge is 0.545 e. The van der Waals surface area contributed by atoms with E-state index >= 15 is 0 Å². The van der Waals surface area contributed by atoms with E-state index in [1.54, 1.807) is 12.4 Å². The van der Waals surface area contributed by atoms with E-state index in [-0.39, 0.29) is 17.1 Å². The predicted molar refractivity (Wildman–Crippen MR) is 106 cm³/mol. The van der Waals surface area contributed by atoms with Crippen LogP contribution in [0.25, 0.3) is 11.4 Å². The molecule has 2 heterocycles. The number of aliphatic carboxylic acids is 2. The van der Waals surface area contributed by atoms with Crippen LogP contribution in [0.2, 0.25) is 0 Å². The number of rotatable bonds is 1. The van der Waals surface area contributed by atoms with E-state index in [9.17, 15) is 19.8 Å². The van der Waals surface area contributed by atoms with Gasteiger partial charge in [0, 0.05) is 19.5 Å². The Bertz CT molecular complexity index is 638. The Labute approximate surface area is 207 Å². The van der Waals surface area contributed by atoms with Gasteiger partial charge in [-0.3, -0.25) is 9.97 Å². The molecular formula is C15H12Cl6CuN2O5. The normalized spacial score (nSPS) is 9.66. The number of hydrogen-bond donors (Lipinski definition) is 1. The number of carboxylic acids is 2. The maximum atomic E-state index is 9.51. The summed E-state index contributed by atoms with van der Waals surface area (Å²) in [5.41, 5.74) is 1.83. The van der Waals surface area contributed by atoms with Crippen molar-refractivity contribution in [3.63, 3.8) is 0 Å². The first kappa shape index (κ1) is 33.1. The molecule has 0 aliphatic heterocycles. The second kappa shape index (κ2) is 17.2. The first-order valence-corrected chi connectivity index (χ1v) is 8.96. The van der Waals surface area contributed by atoms with E-state index in [1.807, 2.05) is 36.4 Å². The summed E-state index contributed by atoms with van der Waals surface area (Å²) < 4.78 is -4.56. The maximum absolute atomic E-state index is 9.51. The van der Waals surface area contributed by atoms with Gasteiger partial charge in [-0.1, -0.05) is 81.7 Å². The average Bonchev–Trinajstić information content (AvgIpc) is 2.64. The number of alkyl halides is 6. The van der Waals surface area contributed by atoms with Crippen LogP contribution < -0.4 is 10.2 Å². The van der Waals surface area contributed by atoms with Crippen LogP contribution in [0.15, 0.2) is 48.8 Å². The molecule has 14 heteroatoms. The number of aliphatic hydroxyl groups is 1. The molecule has 2 aromatic rings. The molecular weight excluding hydrogens is 564 g/mol. The molecule has 1 N–H and O–H groups in total. The zero-order chi connectivity index (χ0) is 22.4. The molecule has 0 aliphatic carbocycles. The molecule has 2 rings (SSSR count). The van der Waals surface area contributed by atoms with E-state index < -0.39 is 19.5 Å². The third-order valence-corrected chi connectivity index (χ3v) is 2.98. The standard InChI is InChI=1S/C10H8N2.2C2HCl3O2.CH4O.Cu/c1-3-7-11-9(5-1)10-6-2-4-8-12-10;2*3-2(4,5)1(6)7;1-2;/h1-8H;2*(H,6,7);2H,1H3;/q;;;;+2/p-2. The summed E-state index contributed by atoms with van der Waals surface area (Å²) in [6.45, 7) is 0. The number of nitrogens with zero attached hydrogens (tertiary/aromatic N) is 2. The zero-order valence-electron chi connectivity index (χ0n) is 14.2. The number of carboxylic acid groups (broad SMARTS) is 2. The van der Waals surface area contributed by atoms with Crippen molar-refractivity contribution in [3.05, 3.63) is 48.8 Å². The van der Waals surface area contributed by atoms with Gasteiger partial charge < -0.3 is 24.9 Å². The van der Waals surface area contributed by atoms with Gasteiger partial charge in [0.15, 0.2) is 0 Å². The van der Waals surface area contributed by atoms with Crippen LogP contribution >= 0.6 is 69.6 Å². The minimum atomic E-state index is -2.28.